The molecule has 2 rings (SSSR count). The van der Waals surface area contributed by atoms with Gasteiger partial charge in [-0.2, -0.15) is 4.39 Å². The van der Waals surface area contributed by atoms with Gasteiger partial charge in [-0.05, 0) is 0 Å². The number of aromatic amines is 1. The van der Waals surface area contributed by atoms with Crippen LogP contribution in [0.2, 0.25) is 0 Å². The molecule has 1 aromatic rings. The van der Waals surface area contributed by atoms with E-state index in [9.17, 15) is 19.1 Å². The third-order valence-electron chi connectivity index (χ3n) is 2.43. The molecule has 0 spiro atoms. The van der Waals surface area contributed by atoms with Gasteiger partial charge in [-0.1, -0.05) is 0 Å². The predicted octanol–water partition coefficient (Wildman–Crippen LogP) is -1.12. The van der Waals surface area contributed by atoms with E-state index in [1.165, 1.54) is 13.2 Å². The number of ether oxygens (including phenoxy) is 2. The zero-order chi connectivity index (χ0) is 13.3. The highest BCUT2D eigenvalue weighted by Gasteiger charge is 2.29. The molecule has 2 N–H and O–H groups in total. The average molecular weight is 258 g/mol. The van der Waals surface area contributed by atoms with E-state index in [2.05, 4.69) is 0 Å². The van der Waals surface area contributed by atoms with Gasteiger partial charge in [0, 0.05) is 13.2 Å². The van der Waals surface area contributed by atoms with Crippen molar-refractivity contribution in [3.8, 4) is 0 Å². The number of nitrogens with zero attached hydrogens (tertiary/aromatic N) is 1. The van der Waals surface area contributed by atoms with Crippen LogP contribution in [0.15, 0.2) is 21.9 Å². The molecule has 7 nitrogen and oxygen atoms in total. The molecule has 1 aliphatic rings. The molecule has 0 amide bonds. The van der Waals surface area contributed by atoms with E-state index in [-0.39, 0.29) is 12.5 Å². The van der Waals surface area contributed by atoms with Crippen molar-refractivity contribution in [1.29, 1.82) is 0 Å². The topological polar surface area (TPSA) is 93.5 Å². The number of nitrogens with one attached hydrogen (secondary N) is 1. The summed E-state index contributed by atoms with van der Waals surface area (Å²) in [4.78, 5) is 24.1. The standard InChI is InChI=1S/C10H11FN2O5/c1-17-4-7-6(14)2-8(18-7)13-3-5(11)9(15)12-10(13)16/h2-3,6-7,14H,4H2,1H3,(H,12,15,16)/t6?,7-/m1/s1. The van der Waals surface area contributed by atoms with Crippen molar-refractivity contribution in [2.75, 3.05) is 13.7 Å². The van der Waals surface area contributed by atoms with Gasteiger partial charge in [0.15, 0.2) is 6.10 Å². The molecule has 0 aromatic carbocycles. The highest BCUT2D eigenvalue weighted by atomic mass is 19.1. The first-order valence-corrected chi connectivity index (χ1v) is 5.10. The Labute approximate surface area is 100 Å². The number of methoxy groups -OCH3 is 1. The Bertz CT molecular complexity index is 591. The number of aromatic nitrogens is 2. The molecule has 2 atom stereocenters. The van der Waals surface area contributed by atoms with E-state index in [4.69, 9.17) is 9.47 Å². The van der Waals surface area contributed by atoms with Crippen molar-refractivity contribution in [3.05, 3.63) is 38.9 Å². The number of aliphatic hydroxyl groups is 1. The zero-order valence-corrected chi connectivity index (χ0v) is 9.42. The monoisotopic (exact) mass is 258 g/mol. The van der Waals surface area contributed by atoms with Gasteiger partial charge in [-0.3, -0.25) is 9.78 Å². The second-order valence-electron chi connectivity index (χ2n) is 3.71. The van der Waals surface area contributed by atoms with Crippen LogP contribution in [0.5, 0.6) is 0 Å². The SMILES string of the molecule is COC[C@H]1OC(n2cc(F)c(=O)[nH]c2=O)=CC1O. The van der Waals surface area contributed by atoms with E-state index in [0.29, 0.717) is 6.20 Å². The Morgan fingerprint density at radius 1 is 1.61 bits per heavy atom. The summed E-state index contributed by atoms with van der Waals surface area (Å²) in [5, 5.41) is 9.60. The molecule has 0 radical (unpaired) electrons. The molecule has 18 heavy (non-hydrogen) atoms. The lowest BCUT2D eigenvalue weighted by Gasteiger charge is -2.14. The largest absolute Gasteiger partial charge is 0.470 e. The van der Waals surface area contributed by atoms with E-state index in [0.717, 1.165) is 4.57 Å². The highest BCUT2D eigenvalue weighted by Crippen LogP contribution is 2.20. The van der Waals surface area contributed by atoms with Crippen LogP contribution in [0.4, 0.5) is 4.39 Å². The van der Waals surface area contributed by atoms with Gasteiger partial charge < -0.3 is 14.6 Å². The minimum Gasteiger partial charge on any atom is -0.470 e. The lowest BCUT2D eigenvalue weighted by Crippen LogP contribution is -2.32. The molecule has 1 aromatic heterocycles. The van der Waals surface area contributed by atoms with Crippen LogP contribution >= 0.6 is 0 Å². The maximum atomic E-state index is 13.1. The fourth-order valence-corrected chi connectivity index (χ4v) is 1.56. The number of hydrogen-bond donors (Lipinski definition) is 2. The van der Waals surface area contributed by atoms with Crippen molar-refractivity contribution in [3.63, 3.8) is 0 Å². The third-order valence-corrected chi connectivity index (χ3v) is 2.43. The normalized spacial score (nSPS) is 22.7. The van der Waals surface area contributed by atoms with Crippen molar-refractivity contribution < 1.29 is 19.0 Å². The molecular formula is C10H11FN2O5. The van der Waals surface area contributed by atoms with Crippen LogP contribution in [-0.4, -0.2) is 40.6 Å². The van der Waals surface area contributed by atoms with Crippen LogP contribution in [-0.2, 0) is 9.47 Å². The van der Waals surface area contributed by atoms with Gasteiger partial charge in [-0.25, -0.2) is 9.36 Å². The van der Waals surface area contributed by atoms with Gasteiger partial charge in [0.25, 0.3) is 5.56 Å². The van der Waals surface area contributed by atoms with Gasteiger partial charge in [0.05, 0.1) is 12.8 Å². The fraction of sp³-hybridized carbons (Fsp3) is 0.400. The number of rotatable bonds is 3. The van der Waals surface area contributed by atoms with E-state index < -0.39 is 29.3 Å². The average Bonchev–Trinajstić information content (AvgIpc) is 2.66. The van der Waals surface area contributed by atoms with Crippen LogP contribution in [0.1, 0.15) is 0 Å². The Morgan fingerprint density at radius 2 is 2.33 bits per heavy atom. The smallest absolute Gasteiger partial charge is 0.335 e. The fourth-order valence-electron chi connectivity index (χ4n) is 1.56. The summed E-state index contributed by atoms with van der Waals surface area (Å²) in [5.74, 6) is -1.17. The second-order valence-corrected chi connectivity index (χ2v) is 3.71. The summed E-state index contributed by atoms with van der Waals surface area (Å²) >= 11 is 0. The summed E-state index contributed by atoms with van der Waals surface area (Å²) in [5.41, 5.74) is -1.96. The Kier molecular flexibility index (Phi) is 3.30. The zero-order valence-electron chi connectivity index (χ0n) is 9.42. The summed E-state index contributed by atoms with van der Waals surface area (Å²) in [6.07, 6.45) is 0.298. The summed E-state index contributed by atoms with van der Waals surface area (Å²) in [7, 11) is 1.43. The number of aliphatic hydroxyl groups excluding tert-OH is 1. The Hall–Kier alpha value is -1.93. The predicted molar refractivity (Wildman–Crippen MR) is 58.3 cm³/mol. The van der Waals surface area contributed by atoms with Crippen LogP contribution < -0.4 is 11.2 Å². The molecule has 0 fully saturated rings. The van der Waals surface area contributed by atoms with Crippen molar-refractivity contribution >= 4 is 5.88 Å². The summed E-state index contributed by atoms with van der Waals surface area (Å²) in [6, 6.07) is 0. The van der Waals surface area contributed by atoms with E-state index in [1.54, 1.807) is 4.98 Å². The van der Waals surface area contributed by atoms with Gasteiger partial charge >= 0.3 is 5.69 Å². The first kappa shape index (κ1) is 12.5. The van der Waals surface area contributed by atoms with Crippen LogP contribution in [0.25, 0.3) is 5.88 Å². The first-order chi connectivity index (χ1) is 8.52. The minimum atomic E-state index is -1.12. The molecule has 98 valence electrons. The lowest BCUT2D eigenvalue weighted by atomic mass is 10.2. The minimum absolute atomic E-state index is 0.0512. The van der Waals surface area contributed by atoms with E-state index >= 15 is 0 Å². The quantitative estimate of drug-likeness (QED) is 0.716. The number of hydrogen-bond acceptors (Lipinski definition) is 5. The second kappa shape index (κ2) is 4.75. The first-order valence-electron chi connectivity index (χ1n) is 5.10. The Balaban J connectivity index is 2.34. The van der Waals surface area contributed by atoms with Gasteiger partial charge in [0.2, 0.25) is 11.7 Å². The van der Waals surface area contributed by atoms with Crippen LogP contribution in [0.3, 0.4) is 0 Å². The molecule has 0 aliphatic carbocycles. The van der Waals surface area contributed by atoms with Gasteiger partial charge in [0.1, 0.15) is 6.10 Å². The van der Waals surface area contributed by atoms with Crippen molar-refractivity contribution in [2.24, 2.45) is 0 Å². The molecule has 0 bridgehead atoms. The highest BCUT2D eigenvalue weighted by molar-refractivity contribution is 5.41. The maximum Gasteiger partial charge on any atom is 0.335 e. The Morgan fingerprint density at radius 3 is 3.00 bits per heavy atom. The molecule has 2 heterocycles. The van der Waals surface area contributed by atoms with Gasteiger partial charge in [-0.15, -0.1) is 0 Å². The molecule has 8 heteroatoms. The van der Waals surface area contributed by atoms with Crippen LogP contribution in [0, 0.1) is 5.82 Å². The van der Waals surface area contributed by atoms with Crippen molar-refractivity contribution in [1.82, 2.24) is 9.55 Å². The lowest BCUT2D eigenvalue weighted by molar-refractivity contribution is 0.00901. The summed E-state index contributed by atoms with van der Waals surface area (Å²) in [6.45, 7) is 0.113. The third kappa shape index (κ3) is 2.20. The number of halogens is 1. The van der Waals surface area contributed by atoms with E-state index in [1.807, 2.05) is 0 Å². The van der Waals surface area contributed by atoms with Crippen molar-refractivity contribution in [2.45, 2.75) is 12.2 Å². The molecule has 1 unspecified atom stereocenters. The summed E-state index contributed by atoms with van der Waals surface area (Å²) < 4.78 is 23.9. The maximum absolute atomic E-state index is 13.1. The molecule has 0 saturated carbocycles. The molecule has 1 aliphatic heterocycles. The molecule has 0 saturated heterocycles. The molecular weight excluding hydrogens is 247 g/mol. The number of H-pyrrole nitrogens is 1.